The van der Waals surface area contributed by atoms with Gasteiger partial charge in [0.05, 0.1) is 9.95 Å². The molecule has 2 aromatic rings. The highest BCUT2D eigenvalue weighted by atomic mass is 35.5. The van der Waals surface area contributed by atoms with Gasteiger partial charge in [0.25, 0.3) is 0 Å². The third-order valence-corrected chi connectivity index (χ3v) is 5.89. The molecule has 0 radical (unpaired) electrons. The molecule has 1 N–H and O–H groups in total. The maximum Gasteiger partial charge on any atom is 0.314 e. The van der Waals surface area contributed by atoms with Crippen LogP contribution in [0, 0.1) is 15.5 Å². The van der Waals surface area contributed by atoms with Gasteiger partial charge >= 0.3 is 5.69 Å². The van der Waals surface area contributed by atoms with Gasteiger partial charge in [-0.25, -0.2) is 0 Å². The number of halogens is 1. The maximum absolute atomic E-state index is 11.0. The van der Waals surface area contributed by atoms with E-state index in [0.717, 1.165) is 18.4 Å². The minimum Gasteiger partial charge on any atom is -0.501 e. The van der Waals surface area contributed by atoms with Crippen molar-refractivity contribution >= 4 is 28.2 Å². The van der Waals surface area contributed by atoms with Gasteiger partial charge in [0.2, 0.25) is 5.75 Å². The minimum absolute atomic E-state index is 0.230. The molecule has 120 valence electrons. The molecule has 5 nitrogen and oxygen atoms in total. The first kappa shape index (κ1) is 14.7. The van der Waals surface area contributed by atoms with E-state index in [4.69, 9.17) is 11.6 Å². The first-order valence-corrected chi connectivity index (χ1v) is 8.33. The highest BCUT2D eigenvalue weighted by molar-refractivity contribution is 6.36. The molecule has 1 aromatic carbocycles. The zero-order chi connectivity index (χ0) is 16.2. The van der Waals surface area contributed by atoms with E-state index >= 15 is 0 Å². The zero-order valence-corrected chi connectivity index (χ0v) is 13.3. The van der Waals surface area contributed by atoms with Crippen molar-refractivity contribution in [2.24, 2.45) is 5.41 Å². The van der Waals surface area contributed by atoms with E-state index in [2.05, 4.69) is 4.98 Å². The van der Waals surface area contributed by atoms with Crippen LogP contribution in [0.3, 0.4) is 0 Å². The number of pyridine rings is 1. The van der Waals surface area contributed by atoms with Crippen molar-refractivity contribution in [1.29, 1.82) is 0 Å². The first-order chi connectivity index (χ1) is 11.0. The fourth-order valence-electron chi connectivity index (χ4n) is 3.99. The molecule has 0 aliphatic heterocycles. The average Bonchev–Trinajstić information content (AvgIpc) is 3.30. The molecule has 0 unspecified atom stereocenters. The van der Waals surface area contributed by atoms with Gasteiger partial charge in [-0.15, -0.1) is 0 Å². The van der Waals surface area contributed by atoms with Crippen molar-refractivity contribution in [1.82, 2.24) is 4.98 Å². The van der Waals surface area contributed by atoms with Gasteiger partial charge in [0, 0.05) is 17.6 Å². The second-order valence-electron chi connectivity index (χ2n) is 6.88. The fourth-order valence-corrected chi connectivity index (χ4v) is 4.29. The second-order valence-corrected chi connectivity index (χ2v) is 7.29. The van der Waals surface area contributed by atoms with Crippen LogP contribution in [0.15, 0.2) is 18.3 Å². The van der Waals surface area contributed by atoms with Crippen LogP contribution in [0.4, 0.5) is 5.69 Å². The smallest absolute Gasteiger partial charge is 0.314 e. The number of phenols is 1. The molecule has 2 fully saturated rings. The first-order valence-electron chi connectivity index (χ1n) is 7.95. The molecule has 0 amide bonds. The summed E-state index contributed by atoms with van der Waals surface area (Å²) in [7, 11) is 0. The molecule has 1 aromatic heterocycles. The van der Waals surface area contributed by atoms with Gasteiger partial charge in [0.15, 0.2) is 0 Å². The quantitative estimate of drug-likeness (QED) is 0.624. The van der Waals surface area contributed by atoms with Crippen LogP contribution in [-0.2, 0) is 0 Å². The van der Waals surface area contributed by atoms with Crippen LogP contribution >= 0.6 is 11.6 Å². The van der Waals surface area contributed by atoms with Crippen molar-refractivity contribution in [2.75, 3.05) is 0 Å². The number of hydrogen-bond acceptors (Lipinski definition) is 4. The molecule has 1 heterocycles. The van der Waals surface area contributed by atoms with E-state index in [1.165, 1.54) is 31.7 Å². The SMILES string of the molecule is O=[N+]([O-])c1cc(Cl)c2c(C3CCC4(CC3)CC4)ccnc2c1O. The lowest BCUT2D eigenvalue weighted by molar-refractivity contribution is -0.385. The predicted molar refractivity (Wildman–Crippen MR) is 87.9 cm³/mol. The summed E-state index contributed by atoms with van der Waals surface area (Å²) < 4.78 is 0. The van der Waals surface area contributed by atoms with Crippen LogP contribution in [-0.4, -0.2) is 15.0 Å². The van der Waals surface area contributed by atoms with Gasteiger partial charge in [0.1, 0.15) is 5.52 Å². The van der Waals surface area contributed by atoms with Gasteiger partial charge in [-0.2, -0.15) is 0 Å². The van der Waals surface area contributed by atoms with E-state index in [0.29, 0.717) is 21.7 Å². The number of rotatable bonds is 2. The number of benzene rings is 1. The van der Waals surface area contributed by atoms with Gasteiger partial charge in [-0.1, -0.05) is 11.6 Å². The summed E-state index contributed by atoms with van der Waals surface area (Å²) in [6.07, 6.45) is 8.99. The molecule has 0 saturated heterocycles. The average molecular weight is 333 g/mol. The molecule has 1 spiro atoms. The molecule has 0 bridgehead atoms. The number of nitro benzene ring substituents is 1. The van der Waals surface area contributed by atoms with Crippen LogP contribution in [0.25, 0.3) is 10.9 Å². The Morgan fingerprint density at radius 1 is 1.30 bits per heavy atom. The van der Waals surface area contributed by atoms with Gasteiger partial charge in [-0.3, -0.25) is 15.1 Å². The van der Waals surface area contributed by atoms with Crippen molar-refractivity contribution < 1.29 is 10.0 Å². The molecular weight excluding hydrogens is 316 g/mol. The highest BCUT2D eigenvalue weighted by Crippen LogP contribution is 2.59. The molecule has 2 aliphatic rings. The molecule has 4 rings (SSSR count). The van der Waals surface area contributed by atoms with Crippen LogP contribution in [0.2, 0.25) is 5.02 Å². The van der Waals surface area contributed by atoms with Gasteiger partial charge in [-0.05, 0) is 61.5 Å². The lowest BCUT2D eigenvalue weighted by Crippen LogP contribution is -2.14. The Hall–Kier alpha value is -1.88. The topological polar surface area (TPSA) is 76.3 Å². The Morgan fingerprint density at radius 2 is 2.00 bits per heavy atom. The Kier molecular flexibility index (Phi) is 3.23. The third-order valence-electron chi connectivity index (χ3n) is 5.59. The van der Waals surface area contributed by atoms with E-state index in [1.54, 1.807) is 6.20 Å². The van der Waals surface area contributed by atoms with Crippen molar-refractivity contribution in [3.63, 3.8) is 0 Å². The lowest BCUT2D eigenvalue weighted by atomic mass is 9.76. The van der Waals surface area contributed by atoms with Crippen LogP contribution in [0.5, 0.6) is 5.75 Å². The largest absolute Gasteiger partial charge is 0.501 e. The van der Waals surface area contributed by atoms with Crippen LogP contribution in [0.1, 0.15) is 50.0 Å². The predicted octanol–water partition coefficient (Wildman–Crippen LogP) is 4.94. The highest BCUT2D eigenvalue weighted by Gasteiger charge is 2.45. The molecule has 23 heavy (non-hydrogen) atoms. The van der Waals surface area contributed by atoms with Crippen molar-refractivity contribution in [3.8, 4) is 5.75 Å². The lowest BCUT2D eigenvalue weighted by Gasteiger charge is -2.29. The number of aromatic hydroxyl groups is 1. The number of fused-ring (bicyclic) bond motifs is 1. The fraction of sp³-hybridized carbons (Fsp3) is 0.471. The standard InChI is InChI=1S/C17H17ClN2O3/c18-12-9-13(20(22)23)16(21)15-14(12)11(3-8-19-15)10-1-4-17(5-2-10)6-7-17/h3,8-10,21H,1-2,4-7H2. The Morgan fingerprint density at radius 3 is 2.61 bits per heavy atom. The van der Waals surface area contributed by atoms with Crippen molar-refractivity contribution in [3.05, 3.63) is 39.0 Å². The van der Waals surface area contributed by atoms with Crippen LogP contribution < -0.4 is 0 Å². The summed E-state index contributed by atoms with van der Waals surface area (Å²) in [5.41, 5.74) is 1.49. The van der Waals surface area contributed by atoms with E-state index in [-0.39, 0.29) is 5.52 Å². The second kappa shape index (κ2) is 5.06. The van der Waals surface area contributed by atoms with E-state index in [9.17, 15) is 15.2 Å². The van der Waals surface area contributed by atoms with Gasteiger partial charge < -0.3 is 5.11 Å². The van der Waals surface area contributed by atoms with E-state index in [1.807, 2.05) is 6.07 Å². The minimum atomic E-state index is -0.632. The normalized spacial score (nSPS) is 20.0. The monoisotopic (exact) mass is 332 g/mol. The summed E-state index contributed by atoms with van der Waals surface area (Å²) >= 11 is 6.32. The Bertz CT molecular complexity index is 807. The van der Waals surface area contributed by atoms with E-state index < -0.39 is 16.4 Å². The molecule has 6 heteroatoms. The maximum atomic E-state index is 11.0. The summed E-state index contributed by atoms with van der Waals surface area (Å²) in [6, 6.07) is 3.17. The number of nitrogens with zero attached hydrogens (tertiary/aromatic N) is 2. The zero-order valence-electron chi connectivity index (χ0n) is 12.6. The summed E-state index contributed by atoms with van der Waals surface area (Å²) in [6.45, 7) is 0. The number of aromatic nitrogens is 1. The molecule has 2 aliphatic carbocycles. The summed E-state index contributed by atoms with van der Waals surface area (Å²) in [5.74, 6) is -0.0178. The summed E-state index contributed by atoms with van der Waals surface area (Å²) in [5, 5.41) is 22.2. The molecule has 0 atom stereocenters. The number of hydrogen-bond donors (Lipinski definition) is 1. The molecular formula is C17H17ClN2O3. The molecule has 2 saturated carbocycles. The Balaban J connectivity index is 1.81. The number of phenolic OH excluding ortho intramolecular Hbond substituents is 1. The number of nitro groups is 1. The third kappa shape index (κ3) is 2.34. The van der Waals surface area contributed by atoms with Crippen molar-refractivity contribution in [2.45, 2.75) is 44.4 Å². The Labute approximate surface area is 138 Å². The summed E-state index contributed by atoms with van der Waals surface area (Å²) in [4.78, 5) is 14.6.